The predicted molar refractivity (Wildman–Crippen MR) is 82.6 cm³/mol. The number of carbonyl (C=O) groups excluding carboxylic acids is 1. The van der Waals surface area contributed by atoms with Gasteiger partial charge in [-0.05, 0) is 12.1 Å². The van der Waals surface area contributed by atoms with Crippen LogP contribution in [0.15, 0.2) is 12.1 Å². The van der Waals surface area contributed by atoms with Crippen molar-refractivity contribution in [1.29, 1.82) is 0 Å². The van der Waals surface area contributed by atoms with E-state index in [9.17, 15) is 4.79 Å². The molecule has 1 heterocycles. The quantitative estimate of drug-likeness (QED) is 0.802. The number of alkyl halides is 1. The molecule has 1 aromatic heterocycles. The average molecular weight is 335 g/mol. The number of carbonyl (C=O) groups is 1. The number of halogens is 3. The van der Waals surface area contributed by atoms with Gasteiger partial charge in [-0.15, -0.1) is 11.6 Å². The molecule has 1 amide bonds. The number of hydrogen-bond donors (Lipinski definition) is 0. The van der Waals surface area contributed by atoms with Gasteiger partial charge in [0, 0.05) is 27.1 Å². The molecule has 1 aromatic carbocycles. The minimum absolute atomic E-state index is 0.0485. The molecule has 0 aliphatic heterocycles. The van der Waals surface area contributed by atoms with Gasteiger partial charge in [-0.3, -0.25) is 4.79 Å². The molecule has 0 aliphatic rings. The molecule has 0 bridgehead atoms. The molecule has 7 heteroatoms. The average Bonchev–Trinajstić information content (AvgIpc) is 2.73. The van der Waals surface area contributed by atoms with Crippen molar-refractivity contribution in [2.75, 3.05) is 14.1 Å². The fraction of sp³-hybridized carbons (Fsp3) is 0.385. The van der Waals surface area contributed by atoms with Gasteiger partial charge in [-0.2, -0.15) is 0 Å². The summed E-state index contributed by atoms with van der Waals surface area (Å²) in [5, 5.41) is 0.912. The lowest BCUT2D eigenvalue weighted by atomic mass is 10.3. The van der Waals surface area contributed by atoms with Crippen molar-refractivity contribution in [3.8, 4) is 0 Å². The van der Waals surface area contributed by atoms with Crippen molar-refractivity contribution in [3.05, 3.63) is 28.0 Å². The molecule has 0 fully saturated rings. The van der Waals surface area contributed by atoms with Gasteiger partial charge >= 0.3 is 0 Å². The zero-order valence-electron chi connectivity index (χ0n) is 11.2. The van der Waals surface area contributed by atoms with Crippen molar-refractivity contribution < 1.29 is 4.79 Å². The lowest BCUT2D eigenvalue weighted by Crippen LogP contribution is -2.23. The van der Waals surface area contributed by atoms with Crippen LogP contribution in [0.4, 0.5) is 0 Å². The van der Waals surface area contributed by atoms with E-state index in [-0.39, 0.29) is 11.8 Å². The van der Waals surface area contributed by atoms with Gasteiger partial charge in [0.15, 0.2) is 0 Å². The molecule has 0 atom stereocenters. The van der Waals surface area contributed by atoms with Crippen LogP contribution >= 0.6 is 34.8 Å². The van der Waals surface area contributed by atoms with Gasteiger partial charge in [0.05, 0.1) is 27.0 Å². The first kappa shape index (κ1) is 15.4. The molecule has 2 aromatic rings. The third-order valence-electron chi connectivity index (χ3n) is 3.04. The number of benzene rings is 1. The lowest BCUT2D eigenvalue weighted by molar-refractivity contribution is -0.128. The Hall–Kier alpha value is -0.970. The zero-order chi connectivity index (χ0) is 14.9. The Morgan fingerprint density at radius 1 is 1.30 bits per heavy atom. The number of fused-ring (bicyclic) bond motifs is 1. The standard InChI is InChI=1S/C13H14Cl3N3O/c1-18(2)13(20)3-4-19-11-6-9(16)8(15)5-10(11)17-12(19)7-14/h5-6H,3-4,7H2,1-2H3. The minimum atomic E-state index is 0.0485. The van der Waals surface area contributed by atoms with Crippen LogP contribution in [-0.4, -0.2) is 34.5 Å². The molecule has 0 radical (unpaired) electrons. The molecule has 108 valence electrons. The molecule has 4 nitrogen and oxygen atoms in total. The SMILES string of the molecule is CN(C)C(=O)CCn1c(CCl)nc2cc(Cl)c(Cl)cc21. The summed E-state index contributed by atoms with van der Waals surface area (Å²) >= 11 is 17.9. The monoisotopic (exact) mass is 333 g/mol. The maximum atomic E-state index is 11.7. The molecule has 0 aliphatic carbocycles. The molecule has 0 saturated heterocycles. The smallest absolute Gasteiger partial charge is 0.223 e. The van der Waals surface area contributed by atoms with Gasteiger partial charge in [-0.25, -0.2) is 4.98 Å². The first-order valence-corrected chi connectivity index (χ1v) is 7.33. The van der Waals surface area contributed by atoms with E-state index in [1.54, 1.807) is 31.1 Å². The van der Waals surface area contributed by atoms with Crippen LogP contribution in [0.1, 0.15) is 12.2 Å². The van der Waals surface area contributed by atoms with Crippen molar-refractivity contribution in [3.63, 3.8) is 0 Å². The van der Waals surface area contributed by atoms with Crippen LogP contribution in [-0.2, 0) is 17.2 Å². The van der Waals surface area contributed by atoms with Crippen LogP contribution in [0.2, 0.25) is 10.0 Å². The number of aromatic nitrogens is 2. The second-order valence-electron chi connectivity index (χ2n) is 4.61. The van der Waals surface area contributed by atoms with Crippen LogP contribution in [0.5, 0.6) is 0 Å². The van der Waals surface area contributed by atoms with E-state index < -0.39 is 0 Å². The maximum Gasteiger partial charge on any atom is 0.223 e. The topological polar surface area (TPSA) is 38.1 Å². The summed E-state index contributed by atoms with van der Waals surface area (Å²) in [7, 11) is 3.46. The second-order valence-corrected chi connectivity index (χ2v) is 5.69. The summed E-state index contributed by atoms with van der Waals surface area (Å²) in [4.78, 5) is 17.7. The number of hydrogen-bond acceptors (Lipinski definition) is 2. The van der Waals surface area contributed by atoms with Crippen LogP contribution in [0.3, 0.4) is 0 Å². The molecular formula is C13H14Cl3N3O. The Kier molecular flexibility index (Phi) is 4.78. The summed E-state index contributed by atoms with van der Waals surface area (Å²) in [6.07, 6.45) is 0.378. The van der Waals surface area contributed by atoms with Crippen molar-refractivity contribution in [2.24, 2.45) is 0 Å². The van der Waals surface area contributed by atoms with E-state index >= 15 is 0 Å². The molecule has 0 unspecified atom stereocenters. The zero-order valence-corrected chi connectivity index (χ0v) is 13.4. The fourth-order valence-corrected chi connectivity index (χ4v) is 2.47. The number of amides is 1. The molecule has 0 saturated carbocycles. The number of imidazole rings is 1. The van der Waals surface area contributed by atoms with Gasteiger partial charge < -0.3 is 9.47 Å². The third kappa shape index (κ3) is 3.03. The van der Waals surface area contributed by atoms with Gasteiger partial charge in [-0.1, -0.05) is 23.2 Å². The number of rotatable bonds is 4. The lowest BCUT2D eigenvalue weighted by Gasteiger charge is -2.12. The van der Waals surface area contributed by atoms with Crippen molar-refractivity contribution in [2.45, 2.75) is 18.8 Å². The fourth-order valence-electron chi connectivity index (χ4n) is 1.95. The Morgan fingerprint density at radius 2 is 1.95 bits per heavy atom. The van der Waals surface area contributed by atoms with E-state index in [0.717, 1.165) is 11.0 Å². The number of aryl methyl sites for hydroxylation is 1. The van der Waals surface area contributed by atoms with Gasteiger partial charge in [0.25, 0.3) is 0 Å². The summed E-state index contributed by atoms with van der Waals surface area (Å²) in [5.74, 6) is 1.01. The first-order chi connectivity index (χ1) is 9.43. The third-order valence-corrected chi connectivity index (χ3v) is 4.00. The second kappa shape index (κ2) is 6.20. The van der Waals surface area contributed by atoms with Crippen LogP contribution in [0.25, 0.3) is 11.0 Å². The molecule has 0 spiro atoms. The summed E-state index contributed by atoms with van der Waals surface area (Å²) in [6, 6.07) is 3.46. The Morgan fingerprint density at radius 3 is 2.55 bits per heavy atom. The molecule has 2 rings (SSSR count). The highest BCUT2D eigenvalue weighted by molar-refractivity contribution is 6.42. The maximum absolute atomic E-state index is 11.7. The van der Waals surface area contributed by atoms with E-state index in [0.29, 0.717) is 28.8 Å². The number of nitrogens with zero attached hydrogens (tertiary/aromatic N) is 3. The van der Waals surface area contributed by atoms with Gasteiger partial charge in [0.1, 0.15) is 5.82 Å². The van der Waals surface area contributed by atoms with E-state index in [1.807, 2.05) is 4.57 Å². The summed E-state index contributed by atoms with van der Waals surface area (Å²) in [6.45, 7) is 0.507. The van der Waals surface area contributed by atoms with E-state index in [1.165, 1.54) is 0 Å². The normalized spacial score (nSPS) is 11.1. The minimum Gasteiger partial charge on any atom is -0.349 e. The highest BCUT2D eigenvalue weighted by Crippen LogP contribution is 2.28. The summed E-state index contributed by atoms with van der Waals surface area (Å²) in [5.41, 5.74) is 1.56. The van der Waals surface area contributed by atoms with Crippen molar-refractivity contribution in [1.82, 2.24) is 14.5 Å². The summed E-state index contributed by atoms with van der Waals surface area (Å²) < 4.78 is 1.91. The van der Waals surface area contributed by atoms with Crippen molar-refractivity contribution >= 4 is 51.7 Å². The molecule has 20 heavy (non-hydrogen) atoms. The van der Waals surface area contributed by atoms with E-state index in [2.05, 4.69) is 4.98 Å². The largest absolute Gasteiger partial charge is 0.349 e. The Bertz CT molecular complexity index is 652. The molecule has 0 N–H and O–H groups in total. The van der Waals surface area contributed by atoms with Gasteiger partial charge in [0.2, 0.25) is 5.91 Å². The first-order valence-electron chi connectivity index (χ1n) is 6.04. The van der Waals surface area contributed by atoms with E-state index in [4.69, 9.17) is 34.8 Å². The highest BCUT2D eigenvalue weighted by atomic mass is 35.5. The predicted octanol–water partition coefficient (Wildman–Crippen LogP) is 3.56. The van der Waals surface area contributed by atoms with Crippen LogP contribution in [0, 0.1) is 0 Å². The molecular weight excluding hydrogens is 321 g/mol. The Balaban J connectivity index is 2.40. The highest BCUT2D eigenvalue weighted by Gasteiger charge is 2.14. The Labute approximate surface area is 132 Å². The van der Waals surface area contributed by atoms with Crippen LogP contribution < -0.4 is 0 Å².